The Labute approximate surface area is 174 Å². The topological polar surface area (TPSA) is 37.3 Å². The second-order valence-corrected chi connectivity index (χ2v) is 9.08. The van der Waals surface area contributed by atoms with E-state index >= 15 is 0 Å². The fraction of sp³-hybridized carbons (Fsp3) is 0.348. The Kier molecular flexibility index (Phi) is 4.46. The van der Waals surface area contributed by atoms with E-state index in [9.17, 15) is 9.18 Å². The van der Waals surface area contributed by atoms with Crippen LogP contribution in [-0.4, -0.2) is 15.5 Å². The number of carbonyl (C=O) groups is 1. The highest BCUT2D eigenvalue weighted by atomic mass is 32.1. The first-order valence-corrected chi connectivity index (χ1v) is 11.0. The van der Waals surface area contributed by atoms with Crippen molar-refractivity contribution in [2.45, 2.75) is 52.1 Å². The number of rotatable bonds is 1. The number of nitrogens with one attached hydrogen (secondary N) is 1. The number of hydrogen-bond donors (Lipinski definition) is 1. The second kappa shape index (κ2) is 7.02. The summed E-state index contributed by atoms with van der Waals surface area (Å²) in [6, 6.07) is 8.68. The molecule has 0 radical (unpaired) electrons. The lowest BCUT2D eigenvalue weighted by atomic mass is 9.95. The van der Waals surface area contributed by atoms with Crippen molar-refractivity contribution in [1.29, 1.82) is 0 Å². The summed E-state index contributed by atoms with van der Waals surface area (Å²) in [6.45, 7) is 4.35. The van der Waals surface area contributed by atoms with Crippen molar-refractivity contribution in [3.05, 3.63) is 69.6 Å². The van der Waals surface area contributed by atoms with Crippen molar-refractivity contribution in [2.24, 2.45) is 0 Å². The molecule has 2 aromatic heterocycles. The first kappa shape index (κ1) is 18.4. The summed E-state index contributed by atoms with van der Waals surface area (Å²) in [5.41, 5.74) is 4.87. The summed E-state index contributed by atoms with van der Waals surface area (Å²) < 4.78 is 16.2. The van der Waals surface area contributed by atoms with E-state index in [0.29, 0.717) is 17.8 Å². The predicted octanol–water partition coefficient (Wildman–Crippen LogP) is 5.97. The number of benzene rings is 1. The quantitative estimate of drug-likeness (QED) is 0.528. The van der Waals surface area contributed by atoms with Gasteiger partial charge in [-0.25, -0.2) is 9.18 Å². The van der Waals surface area contributed by atoms with Gasteiger partial charge in [0.2, 0.25) is 0 Å². The zero-order valence-electron chi connectivity index (χ0n) is 16.7. The van der Waals surface area contributed by atoms with E-state index in [-0.39, 0.29) is 17.9 Å². The monoisotopic (exact) mass is 409 g/mol. The Morgan fingerprint density at radius 2 is 2.03 bits per heavy atom. The second-order valence-electron chi connectivity index (χ2n) is 8.00. The van der Waals surface area contributed by atoms with Gasteiger partial charge in [-0.15, -0.1) is 11.3 Å². The number of aryl methyl sites for hydroxylation is 2. The zero-order chi connectivity index (χ0) is 20.1. The Morgan fingerprint density at radius 3 is 2.86 bits per heavy atom. The van der Waals surface area contributed by atoms with Crippen LogP contribution in [0, 0.1) is 12.7 Å². The fourth-order valence-corrected chi connectivity index (χ4v) is 5.88. The van der Waals surface area contributed by atoms with Gasteiger partial charge in [-0.05, 0) is 74.9 Å². The fourth-order valence-electron chi connectivity index (χ4n) is 4.47. The van der Waals surface area contributed by atoms with Gasteiger partial charge in [-0.2, -0.15) is 0 Å². The number of hydrogen-bond acceptors (Lipinski definition) is 2. The number of amides is 2. The molecule has 150 valence electrons. The highest BCUT2D eigenvalue weighted by Crippen LogP contribution is 2.42. The van der Waals surface area contributed by atoms with Gasteiger partial charge >= 0.3 is 6.03 Å². The van der Waals surface area contributed by atoms with Crippen LogP contribution in [0.2, 0.25) is 0 Å². The van der Waals surface area contributed by atoms with E-state index in [4.69, 9.17) is 0 Å². The highest BCUT2D eigenvalue weighted by Gasteiger charge is 2.33. The molecule has 6 heteroatoms. The average Bonchev–Trinajstić information content (AvgIpc) is 3.30. The summed E-state index contributed by atoms with van der Waals surface area (Å²) in [5.74, 6) is -0.310. The van der Waals surface area contributed by atoms with Crippen LogP contribution in [0.25, 0.3) is 5.00 Å². The third-order valence-electron chi connectivity index (χ3n) is 6.17. The molecule has 3 heterocycles. The number of anilines is 1. The Hall–Kier alpha value is -2.60. The third-order valence-corrected chi connectivity index (χ3v) is 7.50. The molecular formula is C23H24FN3OS. The molecule has 1 aromatic carbocycles. The van der Waals surface area contributed by atoms with E-state index in [1.807, 2.05) is 22.3 Å². The molecule has 5 rings (SSSR count). The van der Waals surface area contributed by atoms with Crippen molar-refractivity contribution < 1.29 is 9.18 Å². The van der Waals surface area contributed by atoms with Crippen LogP contribution in [0.1, 0.15) is 53.1 Å². The molecule has 1 atom stereocenters. The van der Waals surface area contributed by atoms with Gasteiger partial charge in [0.15, 0.2) is 0 Å². The Bertz CT molecular complexity index is 1100. The molecule has 0 bridgehead atoms. The number of nitrogens with zero attached hydrogens (tertiary/aromatic N) is 2. The molecule has 1 aliphatic carbocycles. The lowest BCUT2D eigenvalue weighted by Crippen LogP contribution is -2.36. The molecule has 29 heavy (non-hydrogen) atoms. The van der Waals surface area contributed by atoms with Gasteiger partial charge in [0, 0.05) is 28.0 Å². The Morgan fingerprint density at radius 1 is 1.21 bits per heavy atom. The van der Waals surface area contributed by atoms with Crippen LogP contribution in [0.4, 0.5) is 14.9 Å². The molecule has 2 aliphatic rings. The number of thiophene rings is 1. The predicted molar refractivity (Wildman–Crippen MR) is 114 cm³/mol. The van der Waals surface area contributed by atoms with E-state index in [1.54, 1.807) is 19.1 Å². The van der Waals surface area contributed by atoms with Gasteiger partial charge in [0.1, 0.15) is 10.8 Å². The van der Waals surface area contributed by atoms with Crippen LogP contribution in [-0.2, 0) is 19.4 Å². The zero-order valence-corrected chi connectivity index (χ0v) is 17.5. The molecule has 1 aliphatic heterocycles. The van der Waals surface area contributed by atoms with Crippen LogP contribution >= 0.6 is 11.3 Å². The lowest BCUT2D eigenvalue weighted by molar-refractivity contribution is 0.189. The van der Waals surface area contributed by atoms with Crippen molar-refractivity contribution >= 4 is 23.1 Å². The average molecular weight is 410 g/mol. The normalized spacial score (nSPS) is 17.9. The van der Waals surface area contributed by atoms with E-state index in [2.05, 4.69) is 29.1 Å². The standard InChI is InChI=1S/C23H24FN3OS/c1-14-9-10-16(12-19(14)24)25-23(28)27-13-18-17-6-3-4-8-21(17)29-22(18)26-11-5-7-20(26)15(27)2/h5,7,9-12,15H,3-4,6,8,13H2,1-2H3,(H,25,28)/t15-/m0/s1. The molecule has 0 spiro atoms. The summed E-state index contributed by atoms with van der Waals surface area (Å²) in [7, 11) is 0. The van der Waals surface area contributed by atoms with Crippen LogP contribution < -0.4 is 5.32 Å². The smallest absolute Gasteiger partial charge is 0.312 e. The molecule has 2 amide bonds. The van der Waals surface area contributed by atoms with Gasteiger partial charge < -0.3 is 14.8 Å². The number of carbonyl (C=O) groups excluding carboxylic acids is 1. The largest absolute Gasteiger partial charge is 0.322 e. The summed E-state index contributed by atoms with van der Waals surface area (Å²) in [6.07, 6.45) is 6.77. The van der Waals surface area contributed by atoms with Crippen molar-refractivity contribution in [3.63, 3.8) is 0 Å². The van der Waals surface area contributed by atoms with Gasteiger partial charge in [0.05, 0.1) is 12.6 Å². The molecule has 0 saturated heterocycles. The molecule has 3 aromatic rings. The van der Waals surface area contributed by atoms with Gasteiger partial charge in [0.25, 0.3) is 0 Å². The van der Waals surface area contributed by atoms with Gasteiger partial charge in [-0.3, -0.25) is 0 Å². The molecule has 1 N–H and O–H groups in total. The third kappa shape index (κ3) is 3.06. The van der Waals surface area contributed by atoms with Crippen molar-refractivity contribution in [3.8, 4) is 5.00 Å². The van der Waals surface area contributed by atoms with Crippen LogP contribution in [0.5, 0.6) is 0 Å². The van der Waals surface area contributed by atoms with E-state index in [0.717, 1.165) is 18.5 Å². The number of fused-ring (bicyclic) bond motifs is 5. The molecule has 0 saturated carbocycles. The Balaban J connectivity index is 1.53. The van der Waals surface area contributed by atoms with E-state index < -0.39 is 0 Å². The summed E-state index contributed by atoms with van der Waals surface area (Å²) >= 11 is 1.88. The van der Waals surface area contributed by atoms with Gasteiger partial charge in [-0.1, -0.05) is 6.07 Å². The summed E-state index contributed by atoms with van der Waals surface area (Å²) in [4.78, 5) is 16.6. The maximum absolute atomic E-state index is 13.9. The van der Waals surface area contributed by atoms with Crippen molar-refractivity contribution in [2.75, 3.05) is 5.32 Å². The van der Waals surface area contributed by atoms with Crippen molar-refractivity contribution in [1.82, 2.24) is 9.47 Å². The first-order valence-electron chi connectivity index (χ1n) is 10.2. The maximum atomic E-state index is 13.9. The number of halogens is 1. The number of urea groups is 1. The lowest BCUT2D eigenvalue weighted by Gasteiger charge is -2.28. The minimum absolute atomic E-state index is 0.0841. The minimum Gasteiger partial charge on any atom is -0.312 e. The molecular weight excluding hydrogens is 385 g/mol. The van der Waals surface area contributed by atoms with Crippen LogP contribution in [0.3, 0.4) is 0 Å². The maximum Gasteiger partial charge on any atom is 0.322 e. The SMILES string of the molecule is Cc1ccc(NC(=O)N2Cc3c(sc4c3CCCC4)-n3cccc3[C@@H]2C)cc1F. The minimum atomic E-state index is -0.310. The first-order chi connectivity index (χ1) is 14.0. The molecule has 0 unspecified atom stereocenters. The summed E-state index contributed by atoms with van der Waals surface area (Å²) in [5, 5.41) is 4.16. The van der Waals surface area contributed by atoms with Crippen LogP contribution in [0.15, 0.2) is 36.5 Å². The molecule has 0 fully saturated rings. The highest BCUT2D eigenvalue weighted by molar-refractivity contribution is 7.15. The molecule has 4 nitrogen and oxygen atoms in total. The van der Waals surface area contributed by atoms with E-state index in [1.165, 1.54) is 39.9 Å². The number of aromatic nitrogens is 1.